The average Bonchev–Trinajstić information content (AvgIpc) is 3.57. The molecular weight excluding hydrogens is 552 g/mol. The molecule has 3 fully saturated rings. The molecule has 0 radical (unpaired) electrons. The van der Waals surface area contributed by atoms with Crippen LogP contribution in [-0.4, -0.2) is 138 Å². The van der Waals surface area contributed by atoms with E-state index in [4.69, 9.17) is 14.2 Å². The summed E-state index contributed by atoms with van der Waals surface area (Å²) in [5, 5.41) is 0. The van der Waals surface area contributed by atoms with Gasteiger partial charge in [0, 0.05) is 71.0 Å². The first-order valence-electron chi connectivity index (χ1n) is 17.4. The molecule has 0 spiro atoms. The van der Waals surface area contributed by atoms with E-state index in [-0.39, 0.29) is 22.8 Å². The van der Waals surface area contributed by atoms with Gasteiger partial charge in [0.2, 0.25) is 5.88 Å². The van der Waals surface area contributed by atoms with Crippen LogP contribution >= 0.6 is 0 Å². The molecule has 1 aromatic rings. The molecule has 252 valence electrons. The Morgan fingerprint density at radius 3 is 2.07 bits per heavy atom. The largest absolute Gasteiger partial charge is 0.472 e. The number of nitrogens with zero attached hydrogens (tertiary/aromatic N) is 6. The third-order valence-corrected chi connectivity index (χ3v) is 9.57. The number of piperazine rings is 1. The second-order valence-corrected chi connectivity index (χ2v) is 16.1. The Bertz CT molecular complexity index is 987. The molecule has 3 aliphatic rings. The normalized spacial score (nSPS) is 23.7. The van der Waals surface area contributed by atoms with Crippen molar-refractivity contribution in [1.29, 1.82) is 0 Å². The predicted octanol–water partition coefficient (Wildman–Crippen LogP) is 4.77. The van der Waals surface area contributed by atoms with Crippen LogP contribution < -0.4 is 4.74 Å². The molecular formula is C35H64N6O3. The Balaban J connectivity index is 1.10. The van der Waals surface area contributed by atoms with Crippen molar-refractivity contribution in [2.45, 2.75) is 110 Å². The summed E-state index contributed by atoms with van der Waals surface area (Å²) in [7, 11) is 0. The van der Waals surface area contributed by atoms with E-state index in [9.17, 15) is 0 Å². The van der Waals surface area contributed by atoms with Crippen LogP contribution in [0.15, 0.2) is 12.4 Å². The molecule has 4 heterocycles. The first-order chi connectivity index (χ1) is 20.7. The molecule has 9 heteroatoms. The van der Waals surface area contributed by atoms with Crippen LogP contribution in [0.4, 0.5) is 0 Å². The van der Waals surface area contributed by atoms with E-state index < -0.39 is 0 Å². The molecule has 9 nitrogen and oxygen atoms in total. The fourth-order valence-corrected chi connectivity index (χ4v) is 7.25. The van der Waals surface area contributed by atoms with Crippen molar-refractivity contribution in [3.8, 4) is 5.88 Å². The third-order valence-electron chi connectivity index (χ3n) is 9.57. The number of aromatic nitrogens is 2. The zero-order valence-electron chi connectivity index (χ0n) is 29.6. The fraction of sp³-hybridized carbons (Fsp3) is 0.886. The smallest absolute Gasteiger partial charge is 0.232 e. The lowest BCUT2D eigenvalue weighted by Gasteiger charge is -2.47. The van der Waals surface area contributed by atoms with E-state index in [1.807, 2.05) is 6.20 Å². The van der Waals surface area contributed by atoms with Gasteiger partial charge in [0.1, 0.15) is 6.10 Å². The van der Waals surface area contributed by atoms with Crippen molar-refractivity contribution in [3.05, 3.63) is 18.1 Å². The maximum atomic E-state index is 6.52. The summed E-state index contributed by atoms with van der Waals surface area (Å²) in [6.07, 6.45) is 7.12. The minimum absolute atomic E-state index is 0.0423. The molecule has 0 saturated carbocycles. The molecule has 0 unspecified atom stereocenters. The van der Waals surface area contributed by atoms with E-state index in [2.05, 4.69) is 91.9 Å². The number of likely N-dealkylation sites (tertiary alicyclic amines) is 2. The van der Waals surface area contributed by atoms with Gasteiger partial charge in [-0.2, -0.15) is 0 Å². The van der Waals surface area contributed by atoms with Crippen LogP contribution in [0.2, 0.25) is 0 Å². The van der Waals surface area contributed by atoms with E-state index >= 15 is 0 Å². The minimum atomic E-state index is -0.173. The number of hydrogen-bond donors (Lipinski definition) is 0. The Morgan fingerprint density at radius 1 is 0.773 bits per heavy atom. The van der Waals surface area contributed by atoms with Crippen molar-refractivity contribution in [1.82, 2.24) is 29.6 Å². The summed E-state index contributed by atoms with van der Waals surface area (Å²) < 4.78 is 18.6. The van der Waals surface area contributed by atoms with Crippen molar-refractivity contribution in [2.75, 3.05) is 85.2 Å². The Labute approximate surface area is 269 Å². The number of hydrogen-bond acceptors (Lipinski definition) is 9. The lowest BCUT2D eigenvalue weighted by Crippen LogP contribution is -2.57. The van der Waals surface area contributed by atoms with Crippen molar-refractivity contribution in [3.63, 3.8) is 0 Å². The van der Waals surface area contributed by atoms with Crippen LogP contribution in [0.5, 0.6) is 5.88 Å². The Kier molecular flexibility index (Phi) is 12.5. The molecule has 0 N–H and O–H groups in total. The lowest BCUT2D eigenvalue weighted by atomic mass is 9.87. The summed E-state index contributed by atoms with van der Waals surface area (Å²) >= 11 is 0. The van der Waals surface area contributed by atoms with E-state index in [1.165, 1.54) is 39.1 Å². The maximum Gasteiger partial charge on any atom is 0.232 e. The van der Waals surface area contributed by atoms with Gasteiger partial charge >= 0.3 is 0 Å². The highest BCUT2D eigenvalue weighted by atomic mass is 16.5. The van der Waals surface area contributed by atoms with E-state index in [1.54, 1.807) is 6.20 Å². The van der Waals surface area contributed by atoms with Crippen LogP contribution in [0.3, 0.4) is 0 Å². The number of ether oxygens (including phenoxy) is 3. The molecule has 3 saturated heterocycles. The van der Waals surface area contributed by atoms with E-state index in [0.717, 1.165) is 76.9 Å². The summed E-state index contributed by atoms with van der Waals surface area (Å²) in [6.45, 7) is 33.8. The zero-order chi connectivity index (χ0) is 32.0. The molecule has 0 amide bonds. The van der Waals surface area contributed by atoms with Gasteiger partial charge in [0.05, 0.1) is 42.5 Å². The zero-order valence-corrected chi connectivity index (χ0v) is 29.6. The molecule has 44 heavy (non-hydrogen) atoms. The van der Waals surface area contributed by atoms with Crippen molar-refractivity contribution < 1.29 is 14.2 Å². The molecule has 4 rings (SSSR count). The first kappa shape index (κ1) is 35.5. The quantitative estimate of drug-likeness (QED) is 0.277. The topological polar surface area (TPSA) is 66.4 Å². The van der Waals surface area contributed by atoms with Gasteiger partial charge in [0.25, 0.3) is 0 Å². The van der Waals surface area contributed by atoms with Gasteiger partial charge in [-0.25, -0.2) is 4.98 Å². The summed E-state index contributed by atoms with van der Waals surface area (Å²) in [6, 6.07) is 0. The molecule has 3 aliphatic heterocycles. The van der Waals surface area contributed by atoms with Crippen molar-refractivity contribution in [2.24, 2.45) is 5.92 Å². The monoisotopic (exact) mass is 617 g/mol. The lowest BCUT2D eigenvalue weighted by molar-refractivity contribution is -0.0689. The fourth-order valence-electron chi connectivity index (χ4n) is 7.25. The summed E-state index contributed by atoms with van der Waals surface area (Å²) in [5.74, 6) is 1.80. The standard InChI is InChI=1S/C35H64N6O3/c1-28(2)31-22-37-32(23-36-31)44-30-11-13-39(26-30)19-21-43-35(8,9)27-34(6,7)41-16-14-40(15-17-41)25-29-10-12-38(24-29)18-20-42-33(3,4)5/h22-23,28-30H,10-21,24-27H2,1-9H3/t29-,30+/m0/s1. The van der Waals surface area contributed by atoms with Gasteiger partial charge in [-0.3, -0.25) is 14.8 Å². The van der Waals surface area contributed by atoms with Gasteiger partial charge in [-0.05, 0) is 86.1 Å². The third kappa shape index (κ3) is 11.5. The van der Waals surface area contributed by atoms with Crippen LogP contribution in [0.25, 0.3) is 0 Å². The molecule has 0 aliphatic carbocycles. The Morgan fingerprint density at radius 2 is 1.43 bits per heavy atom. The molecule has 0 aromatic carbocycles. The average molecular weight is 617 g/mol. The predicted molar refractivity (Wildman–Crippen MR) is 179 cm³/mol. The van der Waals surface area contributed by atoms with Crippen LogP contribution in [0, 0.1) is 5.92 Å². The molecule has 2 atom stereocenters. The second-order valence-electron chi connectivity index (χ2n) is 16.1. The van der Waals surface area contributed by atoms with Gasteiger partial charge < -0.3 is 24.0 Å². The second kappa shape index (κ2) is 15.5. The number of rotatable bonds is 15. The van der Waals surface area contributed by atoms with Crippen molar-refractivity contribution >= 4 is 0 Å². The summed E-state index contributed by atoms with van der Waals surface area (Å²) in [5.41, 5.74) is 0.888. The van der Waals surface area contributed by atoms with E-state index in [0.29, 0.717) is 11.8 Å². The summed E-state index contributed by atoms with van der Waals surface area (Å²) in [4.78, 5) is 19.4. The van der Waals surface area contributed by atoms with Crippen LogP contribution in [0.1, 0.15) is 93.2 Å². The highest BCUT2D eigenvalue weighted by Gasteiger charge is 2.37. The SMILES string of the molecule is CC(C)c1cnc(O[C@@H]2CCN(CCOC(C)(C)CC(C)(C)N3CCN(C[C@H]4CCN(CCOC(C)(C)C)C4)CC3)C2)cn1. The molecule has 0 bridgehead atoms. The maximum absolute atomic E-state index is 6.52. The highest BCUT2D eigenvalue weighted by molar-refractivity contribution is 5.10. The molecule has 1 aromatic heterocycles. The van der Waals surface area contributed by atoms with Gasteiger partial charge in [0.15, 0.2) is 0 Å². The first-order valence-corrected chi connectivity index (χ1v) is 17.4. The van der Waals surface area contributed by atoms with Gasteiger partial charge in [-0.1, -0.05) is 13.8 Å². The van der Waals surface area contributed by atoms with Gasteiger partial charge in [-0.15, -0.1) is 0 Å². The minimum Gasteiger partial charge on any atom is -0.472 e. The Hall–Kier alpha value is -1.36. The highest BCUT2D eigenvalue weighted by Crippen LogP contribution is 2.30. The van der Waals surface area contributed by atoms with Crippen LogP contribution in [-0.2, 0) is 9.47 Å².